The molecular formula is C25H22F4N6O. The second-order valence-electron chi connectivity index (χ2n) is 8.41. The maximum absolute atomic E-state index is 13.7. The summed E-state index contributed by atoms with van der Waals surface area (Å²) in [6, 6.07) is 10.4. The molecule has 3 aromatic heterocycles. The SMILES string of the molecule is Fc1ccc2[nH]c(-c3nc(CNc4ccc(CCCCn5ccnn5)c(C(F)(F)F)c4)co3)cc2c1. The second kappa shape index (κ2) is 9.84. The summed E-state index contributed by atoms with van der Waals surface area (Å²) in [5.74, 6) is -0.0398. The lowest BCUT2D eigenvalue weighted by molar-refractivity contribution is -0.138. The maximum atomic E-state index is 13.7. The molecule has 0 unspecified atom stereocenters. The van der Waals surface area contributed by atoms with Crippen LogP contribution in [0.1, 0.15) is 29.7 Å². The van der Waals surface area contributed by atoms with Crippen LogP contribution < -0.4 is 5.32 Å². The van der Waals surface area contributed by atoms with E-state index in [2.05, 4.69) is 25.6 Å². The number of benzene rings is 2. The van der Waals surface area contributed by atoms with Gasteiger partial charge in [0.25, 0.3) is 0 Å². The highest BCUT2D eigenvalue weighted by atomic mass is 19.4. The number of aryl methyl sites for hydroxylation is 2. The Hall–Kier alpha value is -4.15. The average Bonchev–Trinajstić information content (AvgIpc) is 3.61. The van der Waals surface area contributed by atoms with Gasteiger partial charge in [-0.15, -0.1) is 5.10 Å². The van der Waals surface area contributed by atoms with Gasteiger partial charge in [0, 0.05) is 29.3 Å². The summed E-state index contributed by atoms with van der Waals surface area (Å²) in [5.41, 5.74) is 1.77. The minimum atomic E-state index is -4.46. The fourth-order valence-electron chi connectivity index (χ4n) is 4.03. The Labute approximate surface area is 203 Å². The van der Waals surface area contributed by atoms with Crippen molar-refractivity contribution >= 4 is 16.6 Å². The molecule has 0 saturated heterocycles. The maximum Gasteiger partial charge on any atom is 0.416 e. The summed E-state index contributed by atoms with van der Waals surface area (Å²) in [5, 5.41) is 11.2. The van der Waals surface area contributed by atoms with Gasteiger partial charge in [-0.05, 0) is 61.2 Å². The van der Waals surface area contributed by atoms with Crippen molar-refractivity contribution in [2.45, 2.75) is 38.5 Å². The first-order valence-corrected chi connectivity index (χ1v) is 11.4. The van der Waals surface area contributed by atoms with Crippen molar-refractivity contribution in [3.63, 3.8) is 0 Å². The van der Waals surface area contributed by atoms with Crippen molar-refractivity contribution < 1.29 is 22.0 Å². The van der Waals surface area contributed by atoms with Gasteiger partial charge >= 0.3 is 6.18 Å². The summed E-state index contributed by atoms with van der Waals surface area (Å²) < 4.78 is 61.8. The van der Waals surface area contributed by atoms with E-state index in [0.717, 1.165) is 11.6 Å². The number of anilines is 1. The second-order valence-corrected chi connectivity index (χ2v) is 8.41. The van der Waals surface area contributed by atoms with Gasteiger partial charge < -0.3 is 14.7 Å². The Kier molecular flexibility index (Phi) is 6.45. The number of oxazole rings is 1. The number of nitrogens with one attached hydrogen (secondary N) is 2. The van der Waals surface area contributed by atoms with Crippen LogP contribution in [0.15, 0.2) is 65.5 Å². The van der Waals surface area contributed by atoms with E-state index in [1.54, 1.807) is 35.3 Å². The molecule has 0 atom stereocenters. The number of hydrogen-bond donors (Lipinski definition) is 2. The number of aromatic nitrogens is 5. The van der Waals surface area contributed by atoms with Gasteiger partial charge in [0.2, 0.25) is 5.89 Å². The van der Waals surface area contributed by atoms with Crippen molar-refractivity contribution in [1.82, 2.24) is 25.0 Å². The van der Waals surface area contributed by atoms with Crippen LogP contribution in [0.3, 0.4) is 0 Å². The molecule has 0 spiro atoms. The normalized spacial score (nSPS) is 11.9. The number of hydrogen-bond acceptors (Lipinski definition) is 5. The van der Waals surface area contributed by atoms with Crippen LogP contribution in [0.4, 0.5) is 23.2 Å². The fraction of sp³-hybridized carbons (Fsp3) is 0.240. The molecule has 2 N–H and O–H groups in total. The molecule has 0 bridgehead atoms. The molecule has 2 aromatic carbocycles. The largest absolute Gasteiger partial charge is 0.443 e. The van der Waals surface area contributed by atoms with E-state index < -0.39 is 11.7 Å². The molecule has 0 saturated carbocycles. The minimum Gasteiger partial charge on any atom is -0.443 e. The van der Waals surface area contributed by atoms with E-state index in [0.29, 0.717) is 54.2 Å². The lowest BCUT2D eigenvalue weighted by Gasteiger charge is -2.15. The predicted molar refractivity (Wildman–Crippen MR) is 125 cm³/mol. The molecule has 186 valence electrons. The first-order chi connectivity index (χ1) is 17.3. The summed E-state index contributed by atoms with van der Waals surface area (Å²) in [6.45, 7) is 0.781. The van der Waals surface area contributed by atoms with Gasteiger partial charge in [0.1, 0.15) is 17.8 Å². The molecule has 11 heteroatoms. The Morgan fingerprint density at radius 2 is 1.94 bits per heavy atom. The first-order valence-electron chi connectivity index (χ1n) is 11.4. The molecule has 3 heterocycles. The van der Waals surface area contributed by atoms with Crippen LogP contribution in [0, 0.1) is 5.82 Å². The van der Waals surface area contributed by atoms with Crippen molar-refractivity contribution in [2.24, 2.45) is 0 Å². The van der Waals surface area contributed by atoms with Gasteiger partial charge in [-0.25, -0.2) is 9.37 Å². The van der Waals surface area contributed by atoms with E-state index in [9.17, 15) is 17.6 Å². The number of halogens is 4. The Balaban J connectivity index is 1.23. The highest BCUT2D eigenvalue weighted by Crippen LogP contribution is 2.35. The van der Waals surface area contributed by atoms with Crippen LogP contribution in [0.25, 0.3) is 22.5 Å². The highest BCUT2D eigenvalue weighted by Gasteiger charge is 2.33. The molecule has 0 aliphatic carbocycles. The van der Waals surface area contributed by atoms with E-state index in [-0.39, 0.29) is 17.9 Å². The number of alkyl halides is 3. The van der Waals surface area contributed by atoms with Crippen molar-refractivity contribution in [3.05, 3.63) is 83.8 Å². The van der Waals surface area contributed by atoms with Crippen LogP contribution in [-0.2, 0) is 25.7 Å². The van der Waals surface area contributed by atoms with E-state index >= 15 is 0 Å². The highest BCUT2D eigenvalue weighted by molar-refractivity contribution is 5.84. The zero-order valence-corrected chi connectivity index (χ0v) is 19.0. The Morgan fingerprint density at radius 3 is 2.75 bits per heavy atom. The number of aromatic amines is 1. The van der Waals surface area contributed by atoms with Gasteiger partial charge in [0.15, 0.2) is 0 Å². The predicted octanol–water partition coefficient (Wildman–Crippen LogP) is 6.21. The van der Waals surface area contributed by atoms with Gasteiger partial charge in [-0.3, -0.25) is 4.68 Å². The number of rotatable bonds is 9. The molecule has 7 nitrogen and oxygen atoms in total. The molecule has 0 amide bonds. The number of nitrogens with zero attached hydrogens (tertiary/aromatic N) is 4. The quantitative estimate of drug-likeness (QED) is 0.187. The third-order valence-corrected chi connectivity index (χ3v) is 5.81. The fourth-order valence-corrected chi connectivity index (χ4v) is 4.03. The van der Waals surface area contributed by atoms with Crippen molar-refractivity contribution in [1.29, 1.82) is 0 Å². The van der Waals surface area contributed by atoms with E-state index in [1.165, 1.54) is 24.5 Å². The van der Waals surface area contributed by atoms with Crippen molar-refractivity contribution in [3.8, 4) is 11.6 Å². The smallest absolute Gasteiger partial charge is 0.416 e. The minimum absolute atomic E-state index is 0.174. The van der Waals surface area contributed by atoms with Gasteiger partial charge in [-0.2, -0.15) is 13.2 Å². The Morgan fingerprint density at radius 1 is 1.06 bits per heavy atom. The van der Waals surface area contributed by atoms with Gasteiger partial charge in [0.05, 0.1) is 24.0 Å². The molecule has 5 rings (SSSR count). The monoisotopic (exact) mass is 498 g/mol. The topological polar surface area (TPSA) is 84.6 Å². The molecule has 0 aliphatic rings. The molecule has 5 aromatic rings. The van der Waals surface area contributed by atoms with E-state index in [1.807, 2.05) is 0 Å². The summed E-state index contributed by atoms with van der Waals surface area (Å²) >= 11 is 0. The van der Waals surface area contributed by atoms with Crippen LogP contribution in [0.5, 0.6) is 0 Å². The standard InChI is InChI=1S/C25H22F4N6O/c26-18-5-7-22-17(11-18)12-23(33-22)24-32-20(15-36-24)14-30-19-6-4-16(21(13-19)25(27,28)29)3-1-2-9-35-10-8-31-34-35/h4-8,10-13,15,30,33H,1-3,9,14H2. The van der Waals surface area contributed by atoms with E-state index in [4.69, 9.17) is 4.42 Å². The van der Waals surface area contributed by atoms with Crippen molar-refractivity contribution in [2.75, 3.05) is 5.32 Å². The molecular weight excluding hydrogens is 476 g/mol. The average molecular weight is 498 g/mol. The summed E-state index contributed by atoms with van der Waals surface area (Å²) in [7, 11) is 0. The molecule has 0 aliphatic heterocycles. The third kappa shape index (κ3) is 5.40. The van der Waals surface area contributed by atoms with Crippen LogP contribution in [-0.4, -0.2) is 25.0 Å². The number of H-pyrrole nitrogens is 1. The zero-order chi connectivity index (χ0) is 25.1. The van der Waals surface area contributed by atoms with Gasteiger partial charge in [-0.1, -0.05) is 11.3 Å². The summed E-state index contributed by atoms with van der Waals surface area (Å²) in [4.78, 5) is 7.49. The van der Waals surface area contributed by atoms with Crippen LogP contribution >= 0.6 is 0 Å². The lowest BCUT2D eigenvalue weighted by Crippen LogP contribution is -2.11. The Bertz CT molecular complexity index is 1460. The lowest BCUT2D eigenvalue weighted by atomic mass is 10.0. The molecule has 0 fully saturated rings. The van der Waals surface area contributed by atoms with Crippen LogP contribution in [0.2, 0.25) is 0 Å². The number of unbranched alkanes of at least 4 members (excludes halogenated alkanes) is 1. The molecule has 36 heavy (non-hydrogen) atoms. The zero-order valence-electron chi connectivity index (χ0n) is 19.0. The number of fused-ring (bicyclic) bond motifs is 1. The summed E-state index contributed by atoms with van der Waals surface area (Å²) in [6.07, 6.45) is 1.86. The first kappa shape index (κ1) is 23.6. The molecule has 0 radical (unpaired) electrons. The third-order valence-electron chi connectivity index (χ3n) is 5.81.